The van der Waals surface area contributed by atoms with E-state index in [0.717, 1.165) is 22.7 Å². The number of thiophene rings is 2. The van der Waals surface area contributed by atoms with Crippen molar-refractivity contribution < 1.29 is 0 Å². The monoisotopic (exact) mass is 852 g/mol. The van der Waals surface area contributed by atoms with Crippen molar-refractivity contribution in [1.82, 2.24) is 0 Å². The van der Waals surface area contributed by atoms with Gasteiger partial charge in [-0.05, 0) is 111 Å². The summed E-state index contributed by atoms with van der Waals surface area (Å²) in [6, 6.07) is 63.7. The van der Waals surface area contributed by atoms with Crippen molar-refractivity contribution >= 4 is 97.1 Å². The molecule has 0 bridgehead atoms. The van der Waals surface area contributed by atoms with Crippen molar-refractivity contribution in [2.45, 2.75) is 71.6 Å². The smallest absolute Gasteiger partial charge is 0.0643 e. The van der Waals surface area contributed by atoms with Gasteiger partial charge in [0.25, 0.3) is 0 Å². The van der Waals surface area contributed by atoms with Crippen molar-refractivity contribution in [3.63, 3.8) is 0 Å². The minimum Gasteiger partial charge on any atom is -0.310 e. The minimum absolute atomic E-state index is 0.0539. The standard InChI is InChI=1S/C59H52N2S2/c1-57(2,3)37-27-31-41(32-28-37)60(39-19-11-9-12-20-39)47-35-46-54(56-51(47)43-23-15-17-25-49(43)63-56)53-45(59(46,7)8)36-48(55-52(53)44-24-16-18-26-50(44)62-55)61(40-21-13-10-14-22-40)42-33-29-38(30-34-42)58(4,5)6/h9-36H,1-8H3. The molecule has 1 aliphatic carbocycles. The molecule has 2 nitrogen and oxygen atoms in total. The third-order valence-corrected chi connectivity index (χ3v) is 15.7. The van der Waals surface area contributed by atoms with Crippen LogP contribution in [-0.2, 0) is 16.2 Å². The van der Waals surface area contributed by atoms with Crippen molar-refractivity contribution in [1.29, 1.82) is 0 Å². The number of fused-ring (bicyclic) bond motifs is 11. The van der Waals surface area contributed by atoms with E-state index in [1.54, 1.807) is 0 Å². The zero-order valence-electron chi connectivity index (χ0n) is 37.4. The predicted molar refractivity (Wildman–Crippen MR) is 277 cm³/mol. The first-order valence-electron chi connectivity index (χ1n) is 22.2. The van der Waals surface area contributed by atoms with E-state index in [1.807, 2.05) is 22.7 Å². The van der Waals surface area contributed by atoms with E-state index in [4.69, 9.17) is 0 Å². The summed E-state index contributed by atoms with van der Waals surface area (Å²) < 4.78 is 5.28. The molecule has 0 unspecified atom stereocenters. The first-order valence-corrected chi connectivity index (χ1v) is 23.8. The third-order valence-electron chi connectivity index (χ3n) is 13.3. The van der Waals surface area contributed by atoms with Crippen molar-refractivity contribution in [2.24, 2.45) is 0 Å². The van der Waals surface area contributed by atoms with E-state index in [0.29, 0.717) is 0 Å². The minimum atomic E-state index is -0.327. The number of para-hydroxylation sites is 2. The summed E-state index contributed by atoms with van der Waals surface area (Å²) in [5.74, 6) is 0. The van der Waals surface area contributed by atoms with Gasteiger partial charge < -0.3 is 9.80 Å². The van der Waals surface area contributed by atoms with Crippen LogP contribution in [0.15, 0.2) is 170 Å². The van der Waals surface area contributed by atoms with Gasteiger partial charge in [-0.25, -0.2) is 0 Å². The number of nitrogens with zero attached hydrogens (tertiary/aromatic N) is 2. The lowest BCUT2D eigenvalue weighted by molar-refractivity contribution is 0.590. The molecule has 0 N–H and O–H groups in total. The van der Waals surface area contributed by atoms with Gasteiger partial charge in [-0.3, -0.25) is 0 Å². The molecule has 0 amide bonds. The van der Waals surface area contributed by atoms with E-state index >= 15 is 0 Å². The fourth-order valence-corrected chi connectivity index (χ4v) is 12.5. The number of benzene rings is 8. The lowest BCUT2D eigenvalue weighted by Gasteiger charge is -2.30. The van der Waals surface area contributed by atoms with Crippen LogP contribution in [0.3, 0.4) is 0 Å². The summed E-state index contributed by atoms with van der Waals surface area (Å²) in [6.45, 7) is 18.7. The van der Waals surface area contributed by atoms with Gasteiger partial charge in [0, 0.05) is 69.4 Å². The molecule has 2 aromatic heterocycles. The van der Waals surface area contributed by atoms with Crippen LogP contribution in [-0.4, -0.2) is 0 Å². The first kappa shape index (κ1) is 39.6. The van der Waals surface area contributed by atoms with Gasteiger partial charge >= 0.3 is 0 Å². The lowest BCUT2D eigenvalue weighted by atomic mass is 9.81. The van der Waals surface area contributed by atoms with Gasteiger partial charge in [0.1, 0.15) is 0 Å². The molecular formula is C59H52N2S2. The largest absolute Gasteiger partial charge is 0.310 e. The Bertz CT molecular complexity index is 3360. The molecule has 0 saturated carbocycles. The molecule has 10 aromatic rings. The number of rotatable bonds is 6. The summed E-state index contributed by atoms with van der Waals surface area (Å²) in [4.78, 5) is 5.01. The van der Waals surface area contributed by atoms with E-state index in [-0.39, 0.29) is 16.2 Å². The number of hydrogen-bond donors (Lipinski definition) is 0. The van der Waals surface area contributed by atoms with Crippen LogP contribution in [0.1, 0.15) is 77.6 Å². The maximum Gasteiger partial charge on any atom is 0.0643 e. The molecule has 0 radical (unpaired) electrons. The molecule has 11 rings (SSSR count). The molecule has 0 spiro atoms. The fraction of sp³-hybridized carbons (Fsp3) is 0.186. The fourth-order valence-electron chi connectivity index (χ4n) is 9.97. The Balaban J connectivity index is 1.24. The molecule has 0 aliphatic heterocycles. The Morgan fingerprint density at radius 1 is 0.397 bits per heavy atom. The van der Waals surface area contributed by atoms with Crippen LogP contribution in [0.4, 0.5) is 34.1 Å². The molecule has 0 atom stereocenters. The van der Waals surface area contributed by atoms with Crippen molar-refractivity contribution in [3.05, 3.63) is 192 Å². The van der Waals surface area contributed by atoms with Crippen LogP contribution < -0.4 is 9.80 Å². The quantitative estimate of drug-likeness (QED) is 0.164. The van der Waals surface area contributed by atoms with E-state index in [9.17, 15) is 0 Å². The summed E-state index contributed by atoms with van der Waals surface area (Å²) in [5, 5.41) is 5.28. The summed E-state index contributed by atoms with van der Waals surface area (Å²) in [7, 11) is 0. The summed E-state index contributed by atoms with van der Waals surface area (Å²) in [6.07, 6.45) is 0. The Morgan fingerprint density at radius 3 is 1.30 bits per heavy atom. The van der Waals surface area contributed by atoms with Crippen LogP contribution >= 0.6 is 22.7 Å². The van der Waals surface area contributed by atoms with Crippen LogP contribution in [0.25, 0.3) is 51.5 Å². The molecule has 63 heavy (non-hydrogen) atoms. The van der Waals surface area contributed by atoms with E-state index in [1.165, 1.54) is 85.1 Å². The average molecular weight is 853 g/mol. The van der Waals surface area contributed by atoms with E-state index < -0.39 is 0 Å². The zero-order valence-corrected chi connectivity index (χ0v) is 39.0. The lowest BCUT2D eigenvalue weighted by Crippen LogP contribution is -2.18. The molecule has 1 aliphatic rings. The van der Waals surface area contributed by atoms with Gasteiger partial charge in [0.2, 0.25) is 0 Å². The maximum atomic E-state index is 2.56. The second kappa shape index (κ2) is 14.4. The Hall–Kier alpha value is -6.20. The molecule has 4 heteroatoms. The van der Waals surface area contributed by atoms with Gasteiger partial charge in [0.15, 0.2) is 0 Å². The van der Waals surface area contributed by atoms with Crippen LogP contribution in [0.5, 0.6) is 0 Å². The first-order chi connectivity index (χ1) is 30.3. The predicted octanol–water partition coefficient (Wildman–Crippen LogP) is 18.3. The molecular weight excluding hydrogens is 801 g/mol. The average Bonchev–Trinajstić information content (AvgIpc) is 3.93. The highest BCUT2D eigenvalue weighted by Crippen LogP contribution is 2.62. The maximum absolute atomic E-state index is 2.56. The highest BCUT2D eigenvalue weighted by atomic mass is 32.1. The van der Waals surface area contributed by atoms with Crippen molar-refractivity contribution in [2.75, 3.05) is 9.80 Å². The highest BCUT2D eigenvalue weighted by Gasteiger charge is 2.42. The summed E-state index contributed by atoms with van der Waals surface area (Å²) >= 11 is 3.87. The Kier molecular flexibility index (Phi) is 9.07. The summed E-state index contributed by atoms with van der Waals surface area (Å²) in [5.41, 5.74) is 15.0. The van der Waals surface area contributed by atoms with Crippen LogP contribution in [0, 0.1) is 0 Å². The van der Waals surface area contributed by atoms with Gasteiger partial charge in [0.05, 0.1) is 16.1 Å². The van der Waals surface area contributed by atoms with Crippen LogP contribution in [0.2, 0.25) is 0 Å². The molecule has 2 heterocycles. The molecule has 8 aromatic carbocycles. The number of anilines is 6. The molecule has 0 fully saturated rings. The van der Waals surface area contributed by atoms with Crippen molar-refractivity contribution in [3.8, 4) is 11.1 Å². The van der Waals surface area contributed by atoms with Gasteiger partial charge in [-0.15, -0.1) is 22.7 Å². The number of hydrogen-bond acceptors (Lipinski definition) is 4. The highest BCUT2D eigenvalue weighted by molar-refractivity contribution is 7.27. The molecule has 0 saturated heterocycles. The Labute approximate surface area is 379 Å². The Morgan fingerprint density at radius 2 is 0.794 bits per heavy atom. The van der Waals surface area contributed by atoms with Gasteiger partial charge in [-0.2, -0.15) is 0 Å². The zero-order chi connectivity index (χ0) is 43.4. The van der Waals surface area contributed by atoms with Gasteiger partial charge in [-0.1, -0.05) is 152 Å². The normalized spacial score (nSPS) is 13.5. The topological polar surface area (TPSA) is 6.48 Å². The second-order valence-corrected chi connectivity index (χ2v) is 21.9. The van der Waals surface area contributed by atoms with E-state index in [2.05, 4.69) is 235 Å². The molecule has 310 valence electrons. The third kappa shape index (κ3) is 6.32. The second-order valence-electron chi connectivity index (χ2n) is 19.8. The SMILES string of the molecule is CC(C)(C)c1ccc(N(c2ccccc2)c2cc3c(c4c2sc2ccccc24)-c2c(cc(N(c4ccccc4)c4ccc(C(C)(C)C)cc4)c4c2sc2ccccc24)C3(C)C)cc1.